The van der Waals surface area contributed by atoms with E-state index in [0.717, 1.165) is 12.0 Å². The predicted molar refractivity (Wildman–Crippen MR) is 84.9 cm³/mol. The molecule has 2 rings (SSSR count). The molecular weight excluding hydrogens is 292 g/mol. The van der Waals surface area contributed by atoms with Crippen molar-refractivity contribution >= 4 is 27.2 Å². The molecule has 1 saturated heterocycles. The lowest BCUT2D eigenvalue weighted by molar-refractivity contribution is 0.375. The number of rotatable bonds is 4. The minimum absolute atomic E-state index is 0.000463. The summed E-state index contributed by atoms with van der Waals surface area (Å²) in [4.78, 5) is 0.284. The van der Waals surface area contributed by atoms with Gasteiger partial charge < -0.3 is 5.73 Å². The van der Waals surface area contributed by atoms with Crippen LogP contribution in [0.15, 0.2) is 24.3 Å². The van der Waals surface area contributed by atoms with E-state index in [9.17, 15) is 8.42 Å². The lowest BCUT2D eigenvalue weighted by Gasteiger charge is -2.19. The maximum Gasteiger partial charge on any atom is 0.218 e. The molecular formula is C14H20N2O2S2. The molecule has 2 N–H and O–H groups in total. The third-order valence-corrected chi connectivity index (χ3v) is 5.63. The lowest BCUT2D eigenvalue weighted by Crippen LogP contribution is -2.31. The van der Waals surface area contributed by atoms with Gasteiger partial charge in [-0.25, -0.2) is 12.7 Å². The average molecular weight is 312 g/mol. The molecule has 0 atom stereocenters. The number of nitrogens with two attached hydrogens (primary N) is 1. The van der Waals surface area contributed by atoms with Crippen LogP contribution in [0.5, 0.6) is 0 Å². The van der Waals surface area contributed by atoms with Crippen LogP contribution in [-0.4, -0.2) is 30.8 Å². The Morgan fingerprint density at radius 3 is 2.70 bits per heavy atom. The molecule has 1 aromatic rings. The van der Waals surface area contributed by atoms with Gasteiger partial charge in [-0.05, 0) is 23.5 Å². The zero-order valence-electron chi connectivity index (χ0n) is 11.8. The van der Waals surface area contributed by atoms with Crippen LogP contribution in [0.1, 0.15) is 31.4 Å². The fraction of sp³-hybridized carbons (Fsp3) is 0.500. The van der Waals surface area contributed by atoms with E-state index in [1.807, 2.05) is 0 Å². The van der Waals surface area contributed by atoms with Crippen molar-refractivity contribution in [1.29, 1.82) is 0 Å². The fourth-order valence-corrected chi connectivity index (χ4v) is 4.24. The summed E-state index contributed by atoms with van der Waals surface area (Å²) in [6.07, 6.45) is 0.902. The van der Waals surface area contributed by atoms with E-state index in [0.29, 0.717) is 18.7 Å². The van der Waals surface area contributed by atoms with Crippen molar-refractivity contribution in [2.24, 2.45) is 11.1 Å². The maximum absolute atomic E-state index is 12.4. The molecule has 110 valence electrons. The summed E-state index contributed by atoms with van der Waals surface area (Å²) in [5.41, 5.74) is 7.06. The molecule has 1 aliphatic rings. The minimum Gasteiger partial charge on any atom is -0.389 e. The van der Waals surface area contributed by atoms with Gasteiger partial charge >= 0.3 is 0 Å². The Hall–Kier alpha value is -0.980. The molecule has 6 heteroatoms. The number of thiocarbonyl (C=S) groups is 1. The van der Waals surface area contributed by atoms with Gasteiger partial charge in [0.1, 0.15) is 4.99 Å². The Bertz CT molecular complexity index is 624. The monoisotopic (exact) mass is 312 g/mol. The Balaban J connectivity index is 2.17. The zero-order chi connectivity index (χ0) is 15.0. The van der Waals surface area contributed by atoms with Crippen molar-refractivity contribution in [2.75, 3.05) is 13.1 Å². The standard InChI is InChI=1S/C14H20N2O2S2/c1-14(2)6-7-16(10-14)20(17,18)9-11-4-3-5-12(8-11)13(15)19/h3-5,8H,6-7,9-10H2,1-2H3,(H2,15,19). The number of hydrogen-bond donors (Lipinski definition) is 1. The van der Waals surface area contributed by atoms with Crippen molar-refractivity contribution in [2.45, 2.75) is 26.0 Å². The van der Waals surface area contributed by atoms with Gasteiger partial charge in [0.05, 0.1) is 5.75 Å². The molecule has 0 aromatic heterocycles. The van der Waals surface area contributed by atoms with E-state index in [2.05, 4.69) is 13.8 Å². The second kappa shape index (κ2) is 5.42. The van der Waals surface area contributed by atoms with E-state index >= 15 is 0 Å². The second-order valence-electron chi connectivity index (χ2n) is 6.07. The SMILES string of the molecule is CC1(C)CCN(S(=O)(=O)Cc2cccc(C(N)=S)c2)C1. The van der Waals surface area contributed by atoms with Crippen LogP contribution < -0.4 is 5.73 Å². The molecule has 1 fully saturated rings. The first-order chi connectivity index (χ1) is 9.20. The number of nitrogens with zero attached hydrogens (tertiary/aromatic N) is 1. The summed E-state index contributed by atoms with van der Waals surface area (Å²) in [6.45, 7) is 5.38. The van der Waals surface area contributed by atoms with Crippen LogP contribution >= 0.6 is 12.2 Å². The summed E-state index contributed by atoms with van der Waals surface area (Å²) in [5.74, 6) is -0.000463. The Morgan fingerprint density at radius 1 is 1.45 bits per heavy atom. The van der Waals surface area contributed by atoms with Gasteiger partial charge in [0, 0.05) is 18.7 Å². The highest BCUT2D eigenvalue weighted by atomic mass is 32.2. The van der Waals surface area contributed by atoms with Crippen LogP contribution in [0.2, 0.25) is 0 Å². The molecule has 0 amide bonds. The van der Waals surface area contributed by atoms with Crippen molar-refractivity contribution in [3.63, 3.8) is 0 Å². The quantitative estimate of drug-likeness (QED) is 0.862. The Labute approximate surface area is 126 Å². The first-order valence-electron chi connectivity index (χ1n) is 6.56. The van der Waals surface area contributed by atoms with E-state index in [-0.39, 0.29) is 16.2 Å². The average Bonchev–Trinajstić information content (AvgIpc) is 2.70. The van der Waals surface area contributed by atoms with Crippen molar-refractivity contribution in [3.05, 3.63) is 35.4 Å². The molecule has 0 aliphatic carbocycles. The summed E-state index contributed by atoms with van der Waals surface area (Å²) >= 11 is 4.92. The smallest absolute Gasteiger partial charge is 0.218 e. The molecule has 0 unspecified atom stereocenters. The highest BCUT2D eigenvalue weighted by molar-refractivity contribution is 7.88. The van der Waals surface area contributed by atoms with Crippen molar-refractivity contribution in [1.82, 2.24) is 4.31 Å². The van der Waals surface area contributed by atoms with Crippen LogP contribution in [0, 0.1) is 5.41 Å². The molecule has 0 spiro atoms. The normalized spacial score (nSPS) is 19.1. The first kappa shape index (κ1) is 15.4. The Morgan fingerprint density at radius 2 is 2.15 bits per heavy atom. The van der Waals surface area contributed by atoms with Gasteiger partial charge in [-0.15, -0.1) is 0 Å². The molecule has 1 aliphatic heterocycles. The van der Waals surface area contributed by atoms with Gasteiger partial charge in [0.2, 0.25) is 10.0 Å². The fourth-order valence-electron chi connectivity index (χ4n) is 2.42. The summed E-state index contributed by atoms with van der Waals surface area (Å²) in [7, 11) is -3.28. The van der Waals surface area contributed by atoms with E-state index in [4.69, 9.17) is 18.0 Å². The van der Waals surface area contributed by atoms with Crippen LogP contribution in [0.4, 0.5) is 0 Å². The van der Waals surface area contributed by atoms with Gasteiger partial charge in [-0.3, -0.25) is 0 Å². The molecule has 1 heterocycles. The lowest BCUT2D eigenvalue weighted by atomic mass is 9.93. The zero-order valence-corrected chi connectivity index (χ0v) is 13.4. The molecule has 0 saturated carbocycles. The van der Waals surface area contributed by atoms with Crippen molar-refractivity contribution < 1.29 is 8.42 Å². The number of sulfonamides is 1. The highest BCUT2D eigenvalue weighted by Crippen LogP contribution is 2.31. The Kier molecular flexibility index (Phi) is 4.18. The molecule has 0 bridgehead atoms. The van der Waals surface area contributed by atoms with Crippen LogP contribution in [-0.2, 0) is 15.8 Å². The van der Waals surface area contributed by atoms with Gasteiger partial charge in [0.15, 0.2) is 0 Å². The third-order valence-electron chi connectivity index (χ3n) is 3.60. The van der Waals surface area contributed by atoms with Gasteiger partial charge in [-0.1, -0.05) is 44.3 Å². The van der Waals surface area contributed by atoms with Crippen LogP contribution in [0.3, 0.4) is 0 Å². The highest BCUT2D eigenvalue weighted by Gasteiger charge is 2.35. The van der Waals surface area contributed by atoms with Gasteiger partial charge in [-0.2, -0.15) is 0 Å². The number of hydrogen-bond acceptors (Lipinski definition) is 3. The van der Waals surface area contributed by atoms with E-state index in [1.165, 1.54) is 0 Å². The van der Waals surface area contributed by atoms with Crippen molar-refractivity contribution in [3.8, 4) is 0 Å². The predicted octanol–water partition coefficient (Wildman–Crippen LogP) is 1.88. The summed E-state index contributed by atoms with van der Waals surface area (Å²) in [6, 6.07) is 7.12. The summed E-state index contributed by atoms with van der Waals surface area (Å²) in [5, 5.41) is 0. The van der Waals surface area contributed by atoms with Gasteiger partial charge in [0.25, 0.3) is 0 Å². The molecule has 4 nitrogen and oxygen atoms in total. The molecule has 20 heavy (non-hydrogen) atoms. The van der Waals surface area contributed by atoms with E-state index in [1.54, 1.807) is 28.6 Å². The third kappa shape index (κ3) is 3.56. The molecule has 1 aromatic carbocycles. The van der Waals surface area contributed by atoms with E-state index < -0.39 is 10.0 Å². The minimum atomic E-state index is -3.28. The number of benzene rings is 1. The maximum atomic E-state index is 12.4. The second-order valence-corrected chi connectivity index (χ2v) is 8.48. The largest absolute Gasteiger partial charge is 0.389 e. The topological polar surface area (TPSA) is 63.4 Å². The van der Waals surface area contributed by atoms with Crippen LogP contribution in [0.25, 0.3) is 0 Å². The summed E-state index contributed by atoms with van der Waals surface area (Å²) < 4.78 is 26.4. The molecule has 0 radical (unpaired) electrons. The first-order valence-corrected chi connectivity index (χ1v) is 8.58.